The van der Waals surface area contributed by atoms with Crippen LogP contribution < -0.4 is 5.32 Å². The lowest BCUT2D eigenvalue weighted by atomic mass is 9.93. The smallest absolute Gasteiger partial charge is 0.316 e. The maximum absolute atomic E-state index is 12.1. The molecule has 0 aromatic heterocycles. The Hall–Kier alpha value is -0.250. The number of nitrogens with one attached hydrogen (secondary N) is 1. The van der Waals surface area contributed by atoms with E-state index in [-0.39, 0.29) is 5.92 Å². The summed E-state index contributed by atoms with van der Waals surface area (Å²) in [5, 5.41) is 2.93. The molecule has 0 spiro atoms. The highest BCUT2D eigenvalue weighted by Crippen LogP contribution is 2.34. The lowest BCUT2D eigenvalue weighted by Gasteiger charge is -2.20. The van der Waals surface area contributed by atoms with E-state index < -0.39 is 12.1 Å². The van der Waals surface area contributed by atoms with E-state index in [1.807, 2.05) is 0 Å². The van der Waals surface area contributed by atoms with Gasteiger partial charge in [-0.2, -0.15) is 13.2 Å². The van der Waals surface area contributed by atoms with Crippen molar-refractivity contribution in [1.82, 2.24) is 5.32 Å². The second-order valence-corrected chi connectivity index (χ2v) is 3.08. The first-order chi connectivity index (χ1) is 5.02. The van der Waals surface area contributed by atoms with Gasteiger partial charge < -0.3 is 5.32 Å². The predicted octanol–water partition coefficient (Wildman–Crippen LogP) is 1.79. The van der Waals surface area contributed by atoms with Crippen molar-refractivity contribution in [3.05, 3.63) is 0 Å². The van der Waals surface area contributed by atoms with Gasteiger partial charge in [-0.25, -0.2) is 0 Å². The molecule has 1 saturated heterocycles. The van der Waals surface area contributed by atoms with Crippen molar-refractivity contribution in [3.8, 4) is 0 Å². The fourth-order valence-corrected chi connectivity index (χ4v) is 1.37. The van der Waals surface area contributed by atoms with Crippen LogP contribution in [0.4, 0.5) is 13.2 Å². The molecule has 1 aliphatic heterocycles. The normalized spacial score (nSPS) is 28.9. The zero-order chi connectivity index (χ0) is 8.48. The maximum Gasteiger partial charge on any atom is 0.391 e. The molecule has 11 heavy (non-hydrogen) atoms. The molecule has 66 valence electrons. The molecule has 0 aromatic rings. The molecule has 0 aromatic carbocycles. The summed E-state index contributed by atoms with van der Waals surface area (Å²) >= 11 is 0. The molecule has 1 N–H and O–H groups in total. The minimum atomic E-state index is -4.02. The first-order valence-corrected chi connectivity index (χ1v) is 3.79. The Labute approximate surface area is 64.0 Å². The Kier molecular flexibility index (Phi) is 2.42. The third-order valence-electron chi connectivity index (χ3n) is 2.32. The molecule has 1 fully saturated rings. The second kappa shape index (κ2) is 3.01. The molecule has 1 heterocycles. The fourth-order valence-electron chi connectivity index (χ4n) is 1.37. The van der Waals surface area contributed by atoms with Crippen LogP contribution in [-0.4, -0.2) is 19.3 Å². The quantitative estimate of drug-likeness (QED) is 0.627. The standard InChI is InChI=1S/C7H12F3N/c1-5(7(8,9)10)6-2-3-11-4-6/h5-6,11H,2-4H2,1H3. The van der Waals surface area contributed by atoms with Crippen molar-refractivity contribution in [3.63, 3.8) is 0 Å². The SMILES string of the molecule is CC(C1CCNC1)C(F)(F)F. The molecule has 2 unspecified atom stereocenters. The van der Waals surface area contributed by atoms with Crippen LogP contribution in [0, 0.1) is 11.8 Å². The lowest BCUT2D eigenvalue weighted by Crippen LogP contribution is -2.28. The van der Waals surface area contributed by atoms with Crippen LogP contribution in [0.5, 0.6) is 0 Å². The first-order valence-electron chi connectivity index (χ1n) is 3.79. The van der Waals surface area contributed by atoms with E-state index in [1.165, 1.54) is 6.92 Å². The van der Waals surface area contributed by atoms with Gasteiger partial charge in [0, 0.05) is 0 Å². The van der Waals surface area contributed by atoms with Crippen LogP contribution in [0.15, 0.2) is 0 Å². The predicted molar refractivity (Wildman–Crippen MR) is 36.2 cm³/mol. The maximum atomic E-state index is 12.1. The average Bonchev–Trinajstić information content (AvgIpc) is 2.34. The lowest BCUT2D eigenvalue weighted by molar-refractivity contribution is -0.181. The molecule has 1 aliphatic rings. The summed E-state index contributed by atoms with van der Waals surface area (Å²) in [6, 6.07) is 0. The van der Waals surface area contributed by atoms with E-state index in [4.69, 9.17) is 0 Å². The van der Waals surface area contributed by atoms with Gasteiger partial charge in [0.1, 0.15) is 0 Å². The fraction of sp³-hybridized carbons (Fsp3) is 1.00. The zero-order valence-corrected chi connectivity index (χ0v) is 6.41. The van der Waals surface area contributed by atoms with Crippen molar-refractivity contribution in [2.45, 2.75) is 19.5 Å². The van der Waals surface area contributed by atoms with Gasteiger partial charge in [0.2, 0.25) is 0 Å². The summed E-state index contributed by atoms with van der Waals surface area (Å²) in [4.78, 5) is 0. The summed E-state index contributed by atoms with van der Waals surface area (Å²) in [6.07, 6.45) is -3.36. The Balaban J connectivity index is 2.46. The minimum absolute atomic E-state index is 0.213. The largest absolute Gasteiger partial charge is 0.391 e. The van der Waals surface area contributed by atoms with Gasteiger partial charge in [0.25, 0.3) is 0 Å². The van der Waals surface area contributed by atoms with Gasteiger partial charge >= 0.3 is 6.18 Å². The van der Waals surface area contributed by atoms with E-state index in [9.17, 15) is 13.2 Å². The number of alkyl halides is 3. The van der Waals surface area contributed by atoms with Gasteiger partial charge in [0.15, 0.2) is 0 Å². The van der Waals surface area contributed by atoms with Crippen molar-refractivity contribution in [1.29, 1.82) is 0 Å². The van der Waals surface area contributed by atoms with E-state index in [0.29, 0.717) is 13.0 Å². The number of halogens is 3. The van der Waals surface area contributed by atoms with E-state index in [1.54, 1.807) is 0 Å². The number of rotatable bonds is 1. The number of hydrogen-bond donors (Lipinski definition) is 1. The van der Waals surface area contributed by atoms with Gasteiger partial charge in [-0.05, 0) is 25.4 Å². The molecule has 2 atom stereocenters. The molecule has 0 aliphatic carbocycles. The minimum Gasteiger partial charge on any atom is -0.316 e. The summed E-state index contributed by atoms with van der Waals surface area (Å²) in [7, 11) is 0. The molecule has 4 heteroatoms. The summed E-state index contributed by atoms with van der Waals surface area (Å²) in [5.74, 6) is -1.37. The Morgan fingerprint density at radius 2 is 2.09 bits per heavy atom. The van der Waals surface area contributed by atoms with Crippen LogP contribution in [0.3, 0.4) is 0 Å². The van der Waals surface area contributed by atoms with E-state index >= 15 is 0 Å². The van der Waals surface area contributed by atoms with Crippen molar-refractivity contribution >= 4 is 0 Å². The monoisotopic (exact) mass is 167 g/mol. The van der Waals surface area contributed by atoms with Gasteiger partial charge in [-0.3, -0.25) is 0 Å². The molecule has 0 bridgehead atoms. The molecule has 0 amide bonds. The zero-order valence-electron chi connectivity index (χ0n) is 6.41. The van der Waals surface area contributed by atoms with Gasteiger partial charge in [-0.15, -0.1) is 0 Å². The van der Waals surface area contributed by atoms with Crippen LogP contribution in [-0.2, 0) is 0 Å². The second-order valence-electron chi connectivity index (χ2n) is 3.08. The average molecular weight is 167 g/mol. The Morgan fingerprint density at radius 3 is 2.45 bits per heavy atom. The van der Waals surface area contributed by atoms with E-state index in [2.05, 4.69) is 5.32 Å². The molecule has 0 saturated carbocycles. The van der Waals surface area contributed by atoms with Gasteiger partial charge in [-0.1, -0.05) is 6.92 Å². The van der Waals surface area contributed by atoms with Crippen LogP contribution in [0.25, 0.3) is 0 Å². The third kappa shape index (κ3) is 2.09. The van der Waals surface area contributed by atoms with Gasteiger partial charge in [0.05, 0.1) is 5.92 Å². The molecular weight excluding hydrogens is 155 g/mol. The van der Waals surface area contributed by atoms with Crippen molar-refractivity contribution < 1.29 is 13.2 Å². The Morgan fingerprint density at radius 1 is 1.45 bits per heavy atom. The third-order valence-corrected chi connectivity index (χ3v) is 2.32. The van der Waals surface area contributed by atoms with Crippen LogP contribution >= 0.6 is 0 Å². The van der Waals surface area contributed by atoms with Crippen molar-refractivity contribution in [2.24, 2.45) is 11.8 Å². The highest BCUT2D eigenvalue weighted by atomic mass is 19.4. The first kappa shape index (κ1) is 8.84. The molecule has 0 radical (unpaired) electrons. The Bertz CT molecular complexity index is 126. The number of hydrogen-bond acceptors (Lipinski definition) is 1. The highest BCUT2D eigenvalue weighted by Gasteiger charge is 2.41. The molecule has 1 nitrogen and oxygen atoms in total. The topological polar surface area (TPSA) is 12.0 Å². The van der Waals surface area contributed by atoms with E-state index in [0.717, 1.165) is 6.54 Å². The summed E-state index contributed by atoms with van der Waals surface area (Å²) in [6.45, 7) is 2.50. The summed E-state index contributed by atoms with van der Waals surface area (Å²) in [5.41, 5.74) is 0. The van der Waals surface area contributed by atoms with Crippen LogP contribution in [0.1, 0.15) is 13.3 Å². The van der Waals surface area contributed by atoms with Crippen molar-refractivity contribution in [2.75, 3.05) is 13.1 Å². The molecule has 1 rings (SSSR count). The summed E-state index contributed by atoms with van der Waals surface area (Å²) < 4.78 is 36.2. The highest BCUT2D eigenvalue weighted by molar-refractivity contribution is 4.79. The molecular formula is C7H12F3N. The van der Waals surface area contributed by atoms with Crippen LogP contribution in [0.2, 0.25) is 0 Å².